The van der Waals surface area contributed by atoms with Crippen LogP contribution in [0.3, 0.4) is 0 Å². The molecule has 18 heavy (non-hydrogen) atoms. The number of rotatable bonds is 2. The molecule has 0 spiro atoms. The summed E-state index contributed by atoms with van der Waals surface area (Å²) >= 11 is 5.19. The zero-order valence-corrected chi connectivity index (χ0v) is 10.4. The van der Waals surface area contributed by atoms with Gasteiger partial charge in [-0.1, -0.05) is 0 Å². The molecule has 0 fully saturated rings. The number of carbonyl (C=O) groups is 1. The van der Waals surface area contributed by atoms with Gasteiger partial charge in [0, 0.05) is 36.2 Å². The molecule has 0 saturated carbocycles. The summed E-state index contributed by atoms with van der Waals surface area (Å²) in [6, 6.07) is 4.36. The number of nitro groups is 1. The van der Waals surface area contributed by atoms with Crippen molar-refractivity contribution in [3.05, 3.63) is 34.0 Å². The van der Waals surface area contributed by atoms with E-state index in [9.17, 15) is 14.9 Å². The third kappa shape index (κ3) is 1.91. The Morgan fingerprint density at radius 1 is 1.50 bits per heavy atom. The molecule has 1 aromatic heterocycles. The third-order valence-electron chi connectivity index (χ3n) is 2.81. The summed E-state index contributed by atoms with van der Waals surface area (Å²) in [4.78, 5) is 21.1. The minimum absolute atomic E-state index is 0.0695. The van der Waals surface area contributed by atoms with Crippen LogP contribution in [0.2, 0.25) is 0 Å². The number of aryl methyl sites for hydroxylation is 1. The first kappa shape index (κ1) is 12.4. The van der Waals surface area contributed by atoms with Crippen LogP contribution < -0.4 is 4.74 Å². The fourth-order valence-electron chi connectivity index (χ4n) is 1.85. The van der Waals surface area contributed by atoms with E-state index >= 15 is 0 Å². The van der Waals surface area contributed by atoms with Crippen molar-refractivity contribution in [2.75, 3.05) is 0 Å². The van der Waals surface area contributed by atoms with Gasteiger partial charge in [-0.2, -0.15) is 0 Å². The second-order valence-electron chi connectivity index (χ2n) is 3.77. The van der Waals surface area contributed by atoms with Gasteiger partial charge in [0.25, 0.3) is 5.69 Å². The maximum Gasteiger partial charge on any atom is 0.409 e. The van der Waals surface area contributed by atoms with Gasteiger partial charge in [0.1, 0.15) is 0 Å². The van der Waals surface area contributed by atoms with Gasteiger partial charge in [-0.3, -0.25) is 10.1 Å². The molecule has 1 heterocycles. The smallest absolute Gasteiger partial charge is 0.409 e. The van der Waals surface area contributed by atoms with Gasteiger partial charge in [0.2, 0.25) is 0 Å². The predicted molar refractivity (Wildman–Crippen MR) is 66.2 cm³/mol. The second-order valence-corrected chi connectivity index (χ2v) is 4.08. The van der Waals surface area contributed by atoms with Crippen LogP contribution in [0.15, 0.2) is 18.2 Å². The summed E-state index contributed by atoms with van der Waals surface area (Å²) in [6.07, 6.45) is 0. The van der Waals surface area contributed by atoms with E-state index in [1.54, 1.807) is 24.6 Å². The van der Waals surface area contributed by atoms with E-state index in [1.165, 1.54) is 12.1 Å². The first-order valence-electron chi connectivity index (χ1n) is 5.02. The molecular weight excluding hydrogens is 260 g/mol. The van der Waals surface area contributed by atoms with Crippen molar-refractivity contribution in [1.82, 2.24) is 4.57 Å². The highest BCUT2D eigenvalue weighted by Crippen LogP contribution is 2.34. The van der Waals surface area contributed by atoms with Crippen molar-refractivity contribution in [2.45, 2.75) is 6.92 Å². The summed E-state index contributed by atoms with van der Waals surface area (Å²) in [5.41, 5.74) is 0.350. The van der Waals surface area contributed by atoms with E-state index in [-0.39, 0.29) is 11.4 Å². The topological polar surface area (TPSA) is 74.4 Å². The summed E-state index contributed by atoms with van der Waals surface area (Å²) < 4.78 is 6.67. The SMILES string of the molecule is Cc1c(OC(=O)Cl)c2cc([N+](=O)[O-])ccc2n1C. The Kier molecular flexibility index (Phi) is 2.96. The zero-order chi connectivity index (χ0) is 13.4. The average molecular weight is 269 g/mol. The molecule has 6 nitrogen and oxygen atoms in total. The molecule has 2 aromatic rings. The van der Waals surface area contributed by atoms with Crippen LogP contribution in [0.4, 0.5) is 10.5 Å². The van der Waals surface area contributed by atoms with Crippen LogP contribution in [-0.2, 0) is 7.05 Å². The number of hydrogen-bond donors (Lipinski definition) is 0. The standard InChI is InChI=1S/C11H9ClN2O4/c1-6-10(18-11(12)15)8-5-7(14(16)17)3-4-9(8)13(6)2/h3-5H,1-2H3. The number of non-ortho nitro benzene ring substituents is 1. The molecule has 0 unspecified atom stereocenters. The van der Waals surface area contributed by atoms with Crippen LogP contribution >= 0.6 is 11.6 Å². The van der Waals surface area contributed by atoms with Gasteiger partial charge in [0.05, 0.1) is 16.1 Å². The maximum atomic E-state index is 10.8. The van der Waals surface area contributed by atoms with Crippen molar-refractivity contribution < 1.29 is 14.5 Å². The molecule has 0 aliphatic heterocycles. The summed E-state index contributed by atoms with van der Waals surface area (Å²) in [6.45, 7) is 1.74. The number of nitro benzene ring substituents is 1. The van der Waals surface area contributed by atoms with E-state index < -0.39 is 10.4 Å². The number of ether oxygens (including phenoxy) is 1. The molecule has 0 amide bonds. The van der Waals surface area contributed by atoms with Gasteiger partial charge in [0.15, 0.2) is 5.75 Å². The van der Waals surface area contributed by atoms with E-state index in [1.807, 2.05) is 0 Å². The van der Waals surface area contributed by atoms with Crippen LogP contribution in [-0.4, -0.2) is 14.9 Å². The fraction of sp³-hybridized carbons (Fsp3) is 0.182. The Hall–Kier alpha value is -2.08. The minimum atomic E-state index is -0.975. The van der Waals surface area contributed by atoms with Gasteiger partial charge in [-0.25, -0.2) is 4.79 Å². The Morgan fingerprint density at radius 3 is 2.72 bits per heavy atom. The van der Waals surface area contributed by atoms with Crippen LogP contribution in [0.5, 0.6) is 5.75 Å². The molecule has 0 saturated heterocycles. The highest BCUT2D eigenvalue weighted by Gasteiger charge is 2.18. The highest BCUT2D eigenvalue weighted by atomic mass is 35.5. The number of nitrogens with zero attached hydrogens (tertiary/aromatic N) is 2. The Bertz CT molecular complexity index is 663. The summed E-state index contributed by atoms with van der Waals surface area (Å²) in [5.74, 6) is 0.246. The van der Waals surface area contributed by atoms with Crippen LogP contribution in [0.25, 0.3) is 10.9 Å². The van der Waals surface area contributed by atoms with E-state index in [4.69, 9.17) is 16.3 Å². The van der Waals surface area contributed by atoms with Crippen molar-refractivity contribution in [2.24, 2.45) is 7.05 Å². The first-order valence-corrected chi connectivity index (χ1v) is 5.40. The average Bonchev–Trinajstić information content (AvgIpc) is 2.53. The number of fused-ring (bicyclic) bond motifs is 1. The lowest BCUT2D eigenvalue weighted by Crippen LogP contribution is -1.98. The molecule has 0 bridgehead atoms. The van der Waals surface area contributed by atoms with Gasteiger partial charge < -0.3 is 9.30 Å². The lowest BCUT2D eigenvalue weighted by molar-refractivity contribution is -0.384. The van der Waals surface area contributed by atoms with Crippen molar-refractivity contribution in [3.8, 4) is 5.75 Å². The molecule has 7 heteroatoms. The lowest BCUT2D eigenvalue weighted by atomic mass is 10.2. The molecule has 0 aliphatic carbocycles. The van der Waals surface area contributed by atoms with E-state index in [0.717, 1.165) is 5.52 Å². The van der Waals surface area contributed by atoms with Crippen molar-refractivity contribution >= 4 is 33.6 Å². The van der Waals surface area contributed by atoms with Gasteiger partial charge in [-0.15, -0.1) is 0 Å². The van der Waals surface area contributed by atoms with Gasteiger partial charge >= 0.3 is 5.43 Å². The summed E-state index contributed by atoms with van der Waals surface area (Å²) in [5, 5.41) is 11.2. The maximum absolute atomic E-state index is 10.8. The predicted octanol–water partition coefficient (Wildman–Crippen LogP) is 3.13. The number of hydrogen-bond acceptors (Lipinski definition) is 4. The molecule has 2 rings (SSSR count). The third-order valence-corrected chi connectivity index (χ3v) is 2.89. The van der Waals surface area contributed by atoms with E-state index in [2.05, 4.69) is 0 Å². The molecule has 0 radical (unpaired) electrons. The van der Waals surface area contributed by atoms with E-state index in [0.29, 0.717) is 11.1 Å². The van der Waals surface area contributed by atoms with Crippen LogP contribution in [0, 0.1) is 17.0 Å². The first-order chi connectivity index (χ1) is 8.41. The Morgan fingerprint density at radius 2 is 2.17 bits per heavy atom. The Balaban J connectivity index is 2.74. The Labute approximate surface area is 107 Å². The number of carbonyl (C=O) groups excluding carboxylic acids is 1. The molecule has 0 atom stereocenters. The largest absolute Gasteiger partial charge is 0.412 e. The summed E-state index contributed by atoms with van der Waals surface area (Å²) in [7, 11) is 1.77. The van der Waals surface area contributed by atoms with Crippen molar-refractivity contribution in [1.29, 1.82) is 0 Å². The zero-order valence-electron chi connectivity index (χ0n) is 9.64. The number of aromatic nitrogens is 1. The molecule has 0 aliphatic rings. The minimum Gasteiger partial charge on any atom is -0.412 e. The highest BCUT2D eigenvalue weighted by molar-refractivity contribution is 6.61. The number of benzene rings is 1. The van der Waals surface area contributed by atoms with Crippen molar-refractivity contribution in [3.63, 3.8) is 0 Å². The lowest BCUT2D eigenvalue weighted by Gasteiger charge is -1.99. The fourth-order valence-corrected chi connectivity index (χ4v) is 1.93. The van der Waals surface area contributed by atoms with Crippen LogP contribution in [0.1, 0.15) is 5.69 Å². The number of halogens is 1. The molecule has 1 aromatic carbocycles. The molecular formula is C11H9ClN2O4. The quantitative estimate of drug-likeness (QED) is 0.476. The molecule has 94 valence electrons. The second kappa shape index (κ2) is 4.30. The normalized spacial score (nSPS) is 10.6. The monoisotopic (exact) mass is 268 g/mol. The molecule has 0 N–H and O–H groups in total. The van der Waals surface area contributed by atoms with Gasteiger partial charge in [-0.05, 0) is 13.0 Å².